The van der Waals surface area contributed by atoms with Crippen LogP contribution < -0.4 is 4.74 Å². The first-order valence-electron chi connectivity index (χ1n) is 8.08. The molecule has 1 aliphatic rings. The van der Waals surface area contributed by atoms with Gasteiger partial charge in [0.25, 0.3) is 0 Å². The van der Waals surface area contributed by atoms with Crippen LogP contribution in [0.5, 0.6) is 5.75 Å². The van der Waals surface area contributed by atoms with Crippen molar-refractivity contribution in [3.05, 3.63) is 42.0 Å². The standard InChI is InChI=1S/C19H25NO/c1-3-12-20(13-15-8-9-15)14-18-17-7-5-4-6-16(17)10-11-19(18)21-2/h4-7,10-11,15H,3,8-9,12-14H2,1-2H3. The van der Waals surface area contributed by atoms with Crippen LogP contribution in [-0.2, 0) is 6.54 Å². The maximum atomic E-state index is 5.63. The molecule has 0 saturated heterocycles. The lowest BCUT2D eigenvalue weighted by Crippen LogP contribution is -2.26. The number of hydrogen-bond donors (Lipinski definition) is 0. The van der Waals surface area contributed by atoms with Crippen molar-refractivity contribution in [2.24, 2.45) is 5.92 Å². The highest BCUT2D eigenvalue weighted by Crippen LogP contribution is 2.33. The molecule has 1 fully saturated rings. The average molecular weight is 283 g/mol. The summed E-state index contributed by atoms with van der Waals surface area (Å²) in [6.45, 7) is 5.66. The molecule has 2 aromatic carbocycles. The largest absolute Gasteiger partial charge is 0.496 e. The molecular weight excluding hydrogens is 258 g/mol. The SMILES string of the molecule is CCCN(Cc1c(OC)ccc2ccccc12)CC1CC1. The zero-order chi connectivity index (χ0) is 14.7. The molecule has 0 atom stereocenters. The minimum atomic E-state index is 0.928. The Balaban J connectivity index is 1.92. The van der Waals surface area contributed by atoms with Crippen LogP contribution in [-0.4, -0.2) is 25.1 Å². The molecule has 0 spiro atoms. The third-order valence-corrected chi connectivity index (χ3v) is 4.35. The lowest BCUT2D eigenvalue weighted by atomic mass is 10.0. The average Bonchev–Trinajstić information content (AvgIpc) is 3.32. The molecule has 1 aliphatic carbocycles. The molecule has 0 aliphatic heterocycles. The summed E-state index contributed by atoms with van der Waals surface area (Å²) in [4.78, 5) is 2.60. The molecule has 0 heterocycles. The third-order valence-electron chi connectivity index (χ3n) is 4.35. The molecule has 0 unspecified atom stereocenters. The van der Waals surface area contributed by atoms with Crippen LogP contribution in [0.1, 0.15) is 31.7 Å². The van der Waals surface area contributed by atoms with Gasteiger partial charge in [-0.3, -0.25) is 4.90 Å². The molecule has 2 aromatic rings. The van der Waals surface area contributed by atoms with Gasteiger partial charge < -0.3 is 4.74 Å². The van der Waals surface area contributed by atoms with E-state index in [2.05, 4.69) is 48.2 Å². The Labute approximate surface area is 127 Å². The van der Waals surface area contributed by atoms with E-state index in [0.29, 0.717) is 0 Å². The highest BCUT2D eigenvalue weighted by Gasteiger charge is 2.24. The predicted molar refractivity (Wildman–Crippen MR) is 88.8 cm³/mol. The number of ether oxygens (including phenoxy) is 1. The number of hydrogen-bond acceptors (Lipinski definition) is 2. The van der Waals surface area contributed by atoms with Gasteiger partial charge in [0.1, 0.15) is 5.75 Å². The molecule has 2 heteroatoms. The van der Waals surface area contributed by atoms with Crippen LogP contribution in [0.4, 0.5) is 0 Å². The fourth-order valence-corrected chi connectivity index (χ4v) is 3.11. The van der Waals surface area contributed by atoms with E-state index in [9.17, 15) is 0 Å². The first kappa shape index (κ1) is 14.4. The maximum Gasteiger partial charge on any atom is 0.123 e. The Morgan fingerprint density at radius 1 is 1.14 bits per heavy atom. The summed E-state index contributed by atoms with van der Waals surface area (Å²) >= 11 is 0. The van der Waals surface area contributed by atoms with Gasteiger partial charge in [-0.25, -0.2) is 0 Å². The van der Waals surface area contributed by atoms with E-state index in [0.717, 1.165) is 18.2 Å². The fourth-order valence-electron chi connectivity index (χ4n) is 3.11. The van der Waals surface area contributed by atoms with E-state index in [1.54, 1.807) is 7.11 Å². The highest BCUT2D eigenvalue weighted by atomic mass is 16.5. The van der Waals surface area contributed by atoms with Crippen molar-refractivity contribution < 1.29 is 4.74 Å². The molecule has 1 saturated carbocycles. The zero-order valence-corrected chi connectivity index (χ0v) is 13.1. The number of fused-ring (bicyclic) bond motifs is 1. The first-order valence-corrected chi connectivity index (χ1v) is 8.08. The second-order valence-corrected chi connectivity index (χ2v) is 6.15. The van der Waals surface area contributed by atoms with Crippen LogP contribution in [0.25, 0.3) is 10.8 Å². The highest BCUT2D eigenvalue weighted by molar-refractivity contribution is 5.87. The summed E-state index contributed by atoms with van der Waals surface area (Å²) in [6.07, 6.45) is 4.03. The zero-order valence-electron chi connectivity index (χ0n) is 13.1. The van der Waals surface area contributed by atoms with E-state index in [1.807, 2.05) is 0 Å². The van der Waals surface area contributed by atoms with Crippen molar-refractivity contribution in [3.63, 3.8) is 0 Å². The molecule has 2 nitrogen and oxygen atoms in total. The quantitative estimate of drug-likeness (QED) is 0.743. The molecule has 112 valence electrons. The van der Waals surface area contributed by atoms with E-state index in [-0.39, 0.29) is 0 Å². The molecule has 0 radical (unpaired) electrons. The van der Waals surface area contributed by atoms with Crippen LogP contribution in [0.2, 0.25) is 0 Å². The maximum absolute atomic E-state index is 5.63. The molecule has 0 bridgehead atoms. The van der Waals surface area contributed by atoms with Crippen molar-refractivity contribution in [2.45, 2.75) is 32.7 Å². The van der Waals surface area contributed by atoms with E-state index >= 15 is 0 Å². The third kappa shape index (κ3) is 3.38. The summed E-state index contributed by atoms with van der Waals surface area (Å²) in [5.41, 5.74) is 1.34. The van der Waals surface area contributed by atoms with Crippen molar-refractivity contribution >= 4 is 10.8 Å². The molecule has 21 heavy (non-hydrogen) atoms. The number of benzene rings is 2. The van der Waals surface area contributed by atoms with Crippen LogP contribution in [0, 0.1) is 5.92 Å². The molecule has 0 amide bonds. The second kappa shape index (κ2) is 6.48. The van der Waals surface area contributed by atoms with E-state index in [1.165, 1.54) is 48.7 Å². The number of methoxy groups -OCH3 is 1. The summed E-state index contributed by atoms with van der Waals surface area (Å²) in [5.74, 6) is 1.95. The summed E-state index contributed by atoms with van der Waals surface area (Å²) in [5, 5.41) is 2.63. The smallest absolute Gasteiger partial charge is 0.123 e. The van der Waals surface area contributed by atoms with E-state index < -0.39 is 0 Å². The Bertz CT molecular complexity index is 604. The Morgan fingerprint density at radius 3 is 2.67 bits per heavy atom. The molecule has 0 aromatic heterocycles. The molecular formula is C19H25NO. The predicted octanol–water partition coefficient (Wildman–Crippen LogP) is 4.47. The second-order valence-electron chi connectivity index (χ2n) is 6.15. The Kier molecular flexibility index (Phi) is 4.45. The lowest BCUT2D eigenvalue weighted by Gasteiger charge is -2.23. The van der Waals surface area contributed by atoms with Crippen molar-refractivity contribution in [1.29, 1.82) is 0 Å². The van der Waals surface area contributed by atoms with Gasteiger partial charge in [0.05, 0.1) is 7.11 Å². The van der Waals surface area contributed by atoms with Gasteiger partial charge in [-0.2, -0.15) is 0 Å². The summed E-state index contributed by atoms with van der Waals surface area (Å²) in [7, 11) is 1.78. The van der Waals surface area contributed by atoms with Crippen LogP contribution >= 0.6 is 0 Å². The van der Waals surface area contributed by atoms with Crippen molar-refractivity contribution in [1.82, 2.24) is 4.90 Å². The molecule has 0 N–H and O–H groups in total. The number of rotatable bonds is 7. The summed E-state index contributed by atoms with van der Waals surface area (Å²) in [6, 6.07) is 12.9. The van der Waals surface area contributed by atoms with Crippen molar-refractivity contribution in [2.75, 3.05) is 20.2 Å². The van der Waals surface area contributed by atoms with Crippen LogP contribution in [0.3, 0.4) is 0 Å². The van der Waals surface area contributed by atoms with Gasteiger partial charge in [-0.05, 0) is 48.6 Å². The fraction of sp³-hybridized carbons (Fsp3) is 0.474. The summed E-state index contributed by atoms with van der Waals surface area (Å²) < 4.78 is 5.63. The first-order chi connectivity index (χ1) is 10.3. The van der Waals surface area contributed by atoms with Gasteiger partial charge in [0.2, 0.25) is 0 Å². The number of nitrogens with zero attached hydrogens (tertiary/aromatic N) is 1. The van der Waals surface area contributed by atoms with Gasteiger partial charge in [0.15, 0.2) is 0 Å². The lowest BCUT2D eigenvalue weighted by molar-refractivity contribution is 0.252. The Morgan fingerprint density at radius 2 is 1.95 bits per heavy atom. The van der Waals surface area contributed by atoms with Crippen molar-refractivity contribution in [3.8, 4) is 5.75 Å². The van der Waals surface area contributed by atoms with Gasteiger partial charge in [0, 0.05) is 18.7 Å². The van der Waals surface area contributed by atoms with Gasteiger partial charge in [-0.15, -0.1) is 0 Å². The van der Waals surface area contributed by atoms with Gasteiger partial charge in [-0.1, -0.05) is 37.3 Å². The topological polar surface area (TPSA) is 12.5 Å². The minimum Gasteiger partial charge on any atom is -0.496 e. The minimum absolute atomic E-state index is 0.928. The van der Waals surface area contributed by atoms with E-state index in [4.69, 9.17) is 4.74 Å². The monoisotopic (exact) mass is 283 g/mol. The Hall–Kier alpha value is -1.54. The van der Waals surface area contributed by atoms with Crippen LogP contribution in [0.15, 0.2) is 36.4 Å². The molecule has 3 rings (SSSR count). The normalized spacial score (nSPS) is 14.8. The van der Waals surface area contributed by atoms with Gasteiger partial charge >= 0.3 is 0 Å².